The van der Waals surface area contributed by atoms with E-state index in [0.717, 1.165) is 59.0 Å². The molecule has 1 fully saturated rings. The van der Waals surface area contributed by atoms with Gasteiger partial charge in [-0.15, -0.1) is 11.3 Å². The van der Waals surface area contributed by atoms with Crippen LogP contribution in [0.1, 0.15) is 46.9 Å². The van der Waals surface area contributed by atoms with E-state index < -0.39 is 0 Å². The van der Waals surface area contributed by atoms with Crippen molar-refractivity contribution in [3.05, 3.63) is 47.0 Å². The summed E-state index contributed by atoms with van der Waals surface area (Å²) in [5.41, 5.74) is 1.69. The highest BCUT2D eigenvalue weighted by atomic mass is 32.1. The lowest BCUT2D eigenvalue weighted by molar-refractivity contribution is 0.0595. The third-order valence-corrected chi connectivity index (χ3v) is 6.21. The molecule has 0 bridgehead atoms. The fraction of sp³-hybridized carbons (Fsp3) is 0.450. The predicted octanol–water partition coefficient (Wildman–Crippen LogP) is 4.19. The number of aromatic nitrogens is 3. The van der Waals surface area contributed by atoms with Crippen molar-refractivity contribution < 1.29 is 4.79 Å². The predicted molar refractivity (Wildman–Crippen MR) is 105 cm³/mol. The largest absolute Gasteiger partial charge is 0.336 e. The van der Waals surface area contributed by atoms with Crippen molar-refractivity contribution in [2.45, 2.75) is 52.1 Å². The molecule has 0 N–H and O–H groups in total. The number of imidazole rings is 1. The maximum Gasteiger partial charge on any atom is 0.254 e. The van der Waals surface area contributed by atoms with Gasteiger partial charge in [-0.05, 0) is 57.7 Å². The zero-order valence-electron chi connectivity index (χ0n) is 15.3. The van der Waals surface area contributed by atoms with Gasteiger partial charge in [-0.3, -0.25) is 4.79 Å². The minimum atomic E-state index is 0.143. The summed E-state index contributed by atoms with van der Waals surface area (Å²) in [6.45, 7) is 5.78. The topological polar surface area (TPSA) is 51.0 Å². The van der Waals surface area contributed by atoms with Gasteiger partial charge in [-0.1, -0.05) is 0 Å². The van der Waals surface area contributed by atoms with Crippen molar-refractivity contribution in [1.29, 1.82) is 0 Å². The lowest BCUT2D eigenvalue weighted by atomic mass is 9.98. The highest BCUT2D eigenvalue weighted by Crippen LogP contribution is 2.26. The molecule has 3 aromatic rings. The van der Waals surface area contributed by atoms with Crippen molar-refractivity contribution in [3.8, 4) is 0 Å². The second kappa shape index (κ2) is 7.19. The molecule has 2 aromatic heterocycles. The van der Waals surface area contributed by atoms with Crippen LogP contribution in [0.4, 0.5) is 0 Å². The van der Waals surface area contributed by atoms with Crippen molar-refractivity contribution in [2.24, 2.45) is 0 Å². The lowest BCUT2D eigenvalue weighted by Gasteiger charge is -2.36. The number of carbonyl (C=O) groups is 1. The van der Waals surface area contributed by atoms with Gasteiger partial charge in [-0.25, -0.2) is 9.97 Å². The number of thiazole rings is 1. The molecule has 4 rings (SSSR count). The van der Waals surface area contributed by atoms with Crippen LogP contribution in [-0.2, 0) is 6.54 Å². The van der Waals surface area contributed by atoms with E-state index in [1.807, 2.05) is 44.4 Å². The number of piperidine rings is 1. The summed E-state index contributed by atoms with van der Waals surface area (Å²) in [4.78, 5) is 24.1. The average molecular weight is 369 g/mol. The minimum absolute atomic E-state index is 0.143. The maximum absolute atomic E-state index is 13.2. The molecule has 136 valence electrons. The number of fused-ring (bicyclic) bond motifs is 1. The van der Waals surface area contributed by atoms with Crippen LogP contribution in [0, 0.1) is 13.8 Å². The van der Waals surface area contributed by atoms with E-state index in [4.69, 9.17) is 0 Å². The monoisotopic (exact) mass is 368 g/mol. The number of carbonyl (C=O) groups excluding carboxylic acids is 1. The first-order chi connectivity index (χ1) is 12.6. The van der Waals surface area contributed by atoms with Gasteiger partial charge in [0, 0.05) is 37.1 Å². The molecule has 6 heteroatoms. The molecular formula is C20H24N4OS. The maximum atomic E-state index is 13.2. The summed E-state index contributed by atoms with van der Waals surface area (Å²) < 4.78 is 3.31. The Labute approximate surface area is 157 Å². The summed E-state index contributed by atoms with van der Waals surface area (Å²) in [6.07, 6.45) is 8.19. The number of rotatable bonds is 4. The number of aryl methyl sites for hydroxylation is 3. The molecule has 1 saturated heterocycles. The molecule has 1 atom stereocenters. The van der Waals surface area contributed by atoms with Crippen molar-refractivity contribution in [3.63, 3.8) is 0 Å². The average Bonchev–Trinajstić information content (AvgIpc) is 3.23. The highest BCUT2D eigenvalue weighted by Gasteiger charge is 2.27. The molecule has 0 spiro atoms. The van der Waals surface area contributed by atoms with Crippen LogP contribution in [0.25, 0.3) is 10.2 Å². The number of likely N-dealkylation sites (tertiary alicyclic amines) is 1. The van der Waals surface area contributed by atoms with Crippen LogP contribution < -0.4 is 0 Å². The summed E-state index contributed by atoms with van der Waals surface area (Å²) >= 11 is 1.67. The Kier molecular flexibility index (Phi) is 4.76. The highest BCUT2D eigenvalue weighted by molar-refractivity contribution is 7.18. The van der Waals surface area contributed by atoms with E-state index in [2.05, 4.69) is 19.4 Å². The molecule has 1 unspecified atom stereocenters. The Morgan fingerprint density at radius 1 is 1.31 bits per heavy atom. The van der Waals surface area contributed by atoms with Gasteiger partial charge in [0.1, 0.15) is 5.82 Å². The number of nitrogens with zero attached hydrogens (tertiary/aromatic N) is 4. The van der Waals surface area contributed by atoms with Gasteiger partial charge in [0.15, 0.2) is 0 Å². The standard InChI is InChI=1S/C20H24N4OS/c1-14-21-9-12-23(14)11-8-17-5-3-4-10-24(17)20(25)16-6-7-19-18(13-16)22-15(2)26-19/h6-7,9,12-13,17H,3-5,8,10-11H2,1-2H3. The number of benzene rings is 1. The van der Waals surface area contributed by atoms with Crippen LogP contribution in [0.15, 0.2) is 30.6 Å². The first-order valence-corrected chi connectivity index (χ1v) is 10.1. The van der Waals surface area contributed by atoms with E-state index >= 15 is 0 Å². The zero-order valence-corrected chi connectivity index (χ0v) is 16.1. The molecule has 3 heterocycles. The third kappa shape index (κ3) is 3.38. The van der Waals surface area contributed by atoms with Crippen molar-refractivity contribution in [1.82, 2.24) is 19.4 Å². The number of amides is 1. The normalized spacial score (nSPS) is 17.8. The molecule has 5 nitrogen and oxygen atoms in total. The fourth-order valence-electron chi connectivity index (χ4n) is 3.84. The van der Waals surface area contributed by atoms with Gasteiger partial charge >= 0.3 is 0 Å². The quantitative estimate of drug-likeness (QED) is 0.694. The van der Waals surface area contributed by atoms with E-state index in [9.17, 15) is 4.79 Å². The smallest absolute Gasteiger partial charge is 0.254 e. The van der Waals surface area contributed by atoms with E-state index in [-0.39, 0.29) is 5.91 Å². The SMILES string of the molecule is Cc1nc2cc(C(=O)N3CCCCC3CCn3ccnc3C)ccc2s1. The Morgan fingerprint density at radius 3 is 3.00 bits per heavy atom. The van der Waals surface area contributed by atoms with Crippen LogP contribution in [0.5, 0.6) is 0 Å². The number of hydrogen-bond acceptors (Lipinski definition) is 4. The zero-order chi connectivity index (χ0) is 18.1. The molecule has 0 aliphatic carbocycles. The van der Waals surface area contributed by atoms with Gasteiger partial charge in [-0.2, -0.15) is 0 Å². The van der Waals surface area contributed by atoms with Gasteiger partial charge in [0.25, 0.3) is 5.91 Å². The first kappa shape index (κ1) is 17.2. The van der Waals surface area contributed by atoms with Crippen molar-refractivity contribution >= 4 is 27.5 Å². The summed E-state index contributed by atoms with van der Waals surface area (Å²) in [5, 5.41) is 1.04. The summed E-state index contributed by atoms with van der Waals surface area (Å²) in [6, 6.07) is 6.23. The molecule has 0 saturated carbocycles. The second-order valence-corrected chi connectivity index (χ2v) is 8.25. The molecule has 26 heavy (non-hydrogen) atoms. The fourth-order valence-corrected chi connectivity index (χ4v) is 4.65. The lowest BCUT2D eigenvalue weighted by Crippen LogP contribution is -2.44. The van der Waals surface area contributed by atoms with Crippen LogP contribution in [-0.4, -0.2) is 37.9 Å². The second-order valence-electron chi connectivity index (χ2n) is 7.02. The Balaban J connectivity index is 1.52. The van der Waals surface area contributed by atoms with Gasteiger partial charge in [0.2, 0.25) is 0 Å². The van der Waals surface area contributed by atoms with Crippen molar-refractivity contribution in [2.75, 3.05) is 6.54 Å². The van der Waals surface area contributed by atoms with Crippen LogP contribution in [0.2, 0.25) is 0 Å². The Hall–Kier alpha value is -2.21. The van der Waals surface area contributed by atoms with E-state index in [1.54, 1.807) is 11.3 Å². The van der Waals surface area contributed by atoms with Gasteiger partial charge in [0.05, 0.1) is 15.2 Å². The third-order valence-electron chi connectivity index (χ3n) is 5.26. The van der Waals surface area contributed by atoms with Crippen LogP contribution >= 0.6 is 11.3 Å². The molecule has 0 radical (unpaired) electrons. The molecule has 1 aliphatic heterocycles. The molecular weight excluding hydrogens is 344 g/mol. The molecule has 1 aromatic carbocycles. The van der Waals surface area contributed by atoms with E-state index in [0.29, 0.717) is 6.04 Å². The van der Waals surface area contributed by atoms with Crippen LogP contribution in [0.3, 0.4) is 0 Å². The summed E-state index contributed by atoms with van der Waals surface area (Å²) in [5.74, 6) is 1.17. The number of hydrogen-bond donors (Lipinski definition) is 0. The Morgan fingerprint density at radius 2 is 2.19 bits per heavy atom. The molecule has 1 aliphatic rings. The molecule has 1 amide bonds. The van der Waals surface area contributed by atoms with Gasteiger partial charge < -0.3 is 9.47 Å². The van der Waals surface area contributed by atoms with E-state index in [1.165, 1.54) is 6.42 Å². The first-order valence-electron chi connectivity index (χ1n) is 9.28. The minimum Gasteiger partial charge on any atom is -0.336 e. The Bertz CT molecular complexity index is 929. The summed E-state index contributed by atoms with van der Waals surface area (Å²) in [7, 11) is 0.